The number of rotatable bonds is 5. The molecule has 24 heavy (non-hydrogen) atoms. The number of amides is 1. The van der Waals surface area contributed by atoms with Crippen molar-refractivity contribution in [1.82, 2.24) is 0 Å². The molecule has 0 unspecified atom stereocenters. The second-order valence-corrected chi connectivity index (χ2v) is 6.15. The summed E-state index contributed by atoms with van der Waals surface area (Å²) in [6, 6.07) is 11.8. The third-order valence-corrected chi connectivity index (χ3v) is 4.37. The van der Waals surface area contributed by atoms with Crippen LogP contribution in [0.4, 0.5) is 10.1 Å². The van der Waals surface area contributed by atoms with Gasteiger partial charge in [0.1, 0.15) is 11.6 Å². The fourth-order valence-corrected chi connectivity index (χ4v) is 3.03. The van der Waals surface area contributed by atoms with E-state index >= 15 is 0 Å². The monoisotopic (exact) mass is 327 g/mol. The standard InChI is InChI=1S/C20H22FNO2/c1-2-19(20(23)22-17-10-8-16(21)9-11-17)24-18-12-7-14-5-3-4-6-15(14)13-18/h7-13,19H,2-6H2,1H3,(H,22,23)/t19-/m0/s1. The summed E-state index contributed by atoms with van der Waals surface area (Å²) < 4.78 is 18.8. The van der Waals surface area contributed by atoms with E-state index in [-0.39, 0.29) is 11.7 Å². The number of hydrogen-bond donors (Lipinski definition) is 1. The molecule has 1 atom stereocenters. The van der Waals surface area contributed by atoms with E-state index < -0.39 is 6.10 Å². The van der Waals surface area contributed by atoms with E-state index in [1.165, 1.54) is 36.1 Å². The Balaban J connectivity index is 1.67. The van der Waals surface area contributed by atoms with E-state index in [0.29, 0.717) is 12.1 Å². The zero-order valence-electron chi connectivity index (χ0n) is 13.8. The fraction of sp³-hybridized carbons (Fsp3) is 0.350. The maximum atomic E-state index is 12.9. The number of hydrogen-bond acceptors (Lipinski definition) is 2. The maximum absolute atomic E-state index is 12.9. The van der Waals surface area contributed by atoms with E-state index in [1.54, 1.807) is 12.1 Å². The predicted octanol–water partition coefficient (Wildman–Crippen LogP) is 4.50. The van der Waals surface area contributed by atoms with Crippen LogP contribution in [0.15, 0.2) is 42.5 Å². The Hall–Kier alpha value is -2.36. The Morgan fingerprint density at radius 2 is 1.83 bits per heavy atom. The van der Waals surface area contributed by atoms with Gasteiger partial charge in [-0.1, -0.05) is 13.0 Å². The SMILES string of the molecule is CC[C@H](Oc1ccc2c(c1)CCCC2)C(=O)Nc1ccc(F)cc1. The molecule has 0 aromatic heterocycles. The third-order valence-electron chi connectivity index (χ3n) is 4.37. The first kappa shape index (κ1) is 16.5. The van der Waals surface area contributed by atoms with Crippen molar-refractivity contribution < 1.29 is 13.9 Å². The molecule has 126 valence electrons. The molecule has 0 spiro atoms. The molecule has 2 aromatic carbocycles. The number of carbonyl (C=O) groups is 1. The van der Waals surface area contributed by atoms with E-state index in [1.807, 2.05) is 13.0 Å². The van der Waals surface area contributed by atoms with Crippen LogP contribution in [-0.2, 0) is 17.6 Å². The Bertz CT molecular complexity index is 712. The zero-order valence-corrected chi connectivity index (χ0v) is 13.8. The Morgan fingerprint density at radius 1 is 1.12 bits per heavy atom. The normalized spacial score (nSPS) is 14.6. The molecule has 0 saturated carbocycles. The van der Waals surface area contributed by atoms with Crippen molar-refractivity contribution in [3.05, 3.63) is 59.4 Å². The number of fused-ring (bicyclic) bond motifs is 1. The van der Waals surface area contributed by atoms with Crippen molar-refractivity contribution in [2.24, 2.45) is 0 Å². The van der Waals surface area contributed by atoms with E-state index in [2.05, 4.69) is 17.4 Å². The Kier molecular flexibility index (Phi) is 5.14. The summed E-state index contributed by atoms with van der Waals surface area (Å²) in [5.74, 6) is 0.184. The van der Waals surface area contributed by atoms with Gasteiger partial charge in [-0.2, -0.15) is 0 Å². The van der Waals surface area contributed by atoms with Crippen LogP contribution in [0, 0.1) is 5.82 Å². The van der Waals surface area contributed by atoms with Crippen molar-refractivity contribution >= 4 is 11.6 Å². The highest BCUT2D eigenvalue weighted by molar-refractivity contribution is 5.94. The molecule has 0 heterocycles. The van der Waals surface area contributed by atoms with Gasteiger partial charge in [0.15, 0.2) is 6.10 Å². The van der Waals surface area contributed by atoms with E-state index in [9.17, 15) is 9.18 Å². The number of benzene rings is 2. The van der Waals surface area contributed by atoms with Gasteiger partial charge in [0.2, 0.25) is 0 Å². The van der Waals surface area contributed by atoms with Gasteiger partial charge in [0.25, 0.3) is 5.91 Å². The Morgan fingerprint density at radius 3 is 2.54 bits per heavy atom. The minimum Gasteiger partial charge on any atom is -0.481 e. The van der Waals surface area contributed by atoms with Crippen LogP contribution >= 0.6 is 0 Å². The Labute approximate surface area is 141 Å². The second-order valence-electron chi connectivity index (χ2n) is 6.15. The number of anilines is 1. The van der Waals surface area contributed by atoms with Crippen molar-refractivity contribution in [2.75, 3.05) is 5.32 Å². The van der Waals surface area contributed by atoms with Crippen molar-refractivity contribution in [3.63, 3.8) is 0 Å². The highest BCUT2D eigenvalue weighted by atomic mass is 19.1. The van der Waals surface area contributed by atoms with Crippen LogP contribution in [-0.4, -0.2) is 12.0 Å². The highest BCUT2D eigenvalue weighted by Crippen LogP contribution is 2.26. The fourth-order valence-electron chi connectivity index (χ4n) is 3.03. The molecule has 3 rings (SSSR count). The number of halogens is 1. The molecule has 1 amide bonds. The second kappa shape index (κ2) is 7.47. The molecule has 1 aliphatic rings. The first-order valence-electron chi connectivity index (χ1n) is 8.50. The summed E-state index contributed by atoms with van der Waals surface area (Å²) in [7, 11) is 0. The molecule has 0 aliphatic heterocycles. The summed E-state index contributed by atoms with van der Waals surface area (Å²) in [5.41, 5.74) is 3.28. The van der Waals surface area contributed by atoms with Crippen LogP contribution < -0.4 is 10.1 Å². The third kappa shape index (κ3) is 3.94. The van der Waals surface area contributed by atoms with E-state index in [0.717, 1.165) is 18.6 Å². The summed E-state index contributed by atoms with van der Waals surface area (Å²) in [5, 5.41) is 2.77. The minimum atomic E-state index is -0.573. The van der Waals surface area contributed by atoms with Crippen LogP contribution in [0.2, 0.25) is 0 Å². The molecule has 3 nitrogen and oxygen atoms in total. The summed E-state index contributed by atoms with van der Waals surface area (Å²) in [6.45, 7) is 1.91. The molecule has 0 fully saturated rings. The quantitative estimate of drug-likeness (QED) is 0.878. The molecule has 2 aromatic rings. The number of nitrogens with one attached hydrogen (secondary N) is 1. The smallest absolute Gasteiger partial charge is 0.265 e. The van der Waals surface area contributed by atoms with Gasteiger partial charge in [-0.05, 0) is 79.6 Å². The lowest BCUT2D eigenvalue weighted by Crippen LogP contribution is -2.32. The van der Waals surface area contributed by atoms with Gasteiger partial charge >= 0.3 is 0 Å². The van der Waals surface area contributed by atoms with Crippen LogP contribution in [0.5, 0.6) is 5.75 Å². The van der Waals surface area contributed by atoms with Crippen molar-refractivity contribution in [2.45, 2.75) is 45.1 Å². The lowest BCUT2D eigenvalue weighted by Gasteiger charge is -2.20. The van der Waals surface area contributed by atoms with Gasteiger partial charge in [0, 0.05) is 5.69 Å². The molecule has 1 N–H and O–H groups in total. The molecule has 4 heteroatoms. The summed E-state index contributed by atoms with van der Waals surface area (Å²) in [4.78, 5) is 12.4. The zero-order chi connectivity index (χ0) is 16.9. The predicted molar refractivity (Wildman–Crippen MR) is 92.8 cm³/mol. The largest absolute Gasteiger partial charge is 0.481 e. The summed E-state index contributed by atoms with van der Waals surface area (Å²) in [6.07, 6.45) is 4.63. The van der Waals surface area contributed by atoms with Crippen molar-refractivity contribution in [3.8, 4) is 5.75 Å². The maximum Gasteiger partial charge on any atom is 0.265 e. The average Bonchev–Trinajstić information content (AvgIpc) is 2.61. The minimum absolute atomic E-state index is 0.221. The summed E-state index contributed by atoms with van der Waals surface area (Å²) >= 11 is 0. The molecule has 1 aliphatic carbocycles. The molecule has 0 bridgehead atoms. The van der Waals surface area contributed by atoms with Crippen LogP contribution in [0.3, 0.4) is 0 Å². The molecular formula is C20H22FNO2. The molecule has 0 saturated heterocycles. The lowest BCUT2D eigenvalue weighted by molar-refractivity contribution is -0.122. The molecule has 0 radical (unpaired) electrons. The average molecular weight is 327 g/mol. The highest BCUT2D eigenvalue weighted by Gasteiger charge is 2.19. The number of ether oxygens (including phenoxy) is 1. The van der Waals surface area contributed by atoms with Crippen LogP contribution in [0.1, 0.15) is 37.3 Å². The van der Waals surface area contributed by atoms with Gasteiger partial charge in [-0.15, -0.1) is 0 Å². The number of carbonyl (C=O) groups excluding carboxylic acids is 1. The topological polar surface area (TPSA) is 38.3 Å². The first-order valence-corrected chi connectivity index (χ1v) is 8.50. The molecular weight excluding hydrogens is 305 g/mol. The van der Waals surface area contributed by atoms with E-state index in [4.69, 9.17) is 4.74 Å². The van der Waals surface area contributed by atoms with Crippen LogP contribution in [0.25, 0.3) is 0 Å². The van der Waals surface area contributed by atoms with Gasteiger partial charge in [-0.25, -0.2) is 4.39 Å². The lowest BCUT2D eigenvalue weighted by atomic mass is 9.92. The van der Waals surface area contributed by atoms with Gasteiger partial charge < -0.3 is 10.1 Å². The first-order chi connectivity index (χ1) is 11.7. The van der Waals surface area contributed by atoms with Crippen molar-refractivity contribution in [1.29, 1.82) is 0 Å². The van der Waals surface area contributed by atoms with Gasteiger partial charge in [-0.3, -0.25) is 4.79 Å². The number of aryl methyl sites for hydroxylation is 2. The van der Waals surface area contributed by atoms with Gasteiger partial charge in [0.05, 0.1) is 0 Å².